The van der Waals surface area contributed by atoms with Gasteiger partial charge in [0.15, 0.2) is 0 Å². The van der Waals surface area contributed by atoms with E-state index in [2.05, 4.69) is 54.6 Å². The van der Waals surface area contributed by atoms with Gasteiger partial charge in [0.05, 0.1) is 17.4 Å². The van der Waals surface area contributed by atoms with Gasteiger partial charge in [0.2, 0.25) is 0 Å². The van der Waals surface area contributed by atoms with Gasteiger partial charge < -0.3 is 5.32 Å². The monoisotopic (exact) mass is 283 g/mol. The summed E-state index contributed by atoms with van der Waals surface area (Å²) in [4.78, 5) is 0. The van der Waals surface area contributed by atoms with Gasteiger partial charge in [-0.25, -0.2) is 0 Å². The Hall–Kier alpha value is -1.61. The zero-order valence-electron chi connectivity index (χ0n) is 13.3. The molecule has 0 radical (unpaired) electrons. The minimum Gasteiger partial charge on any atom is -0.305 e. The zero-order chi connectivity index (χ0) is 14.8. The van der Waals surface area contributed by atoms with E-state index in [4.69, 9.17) is 0 Å². The molecule has 112 valence electrons. The highest BCUT2D eigenvalue weighted by molar-refractivity contribution is 5.34. The molecule has 1 unspecified atom stereocenters. The summed E-state index contributed by atoms with van der Waals surface area (Å²) in [5.74, 6) is 0.778. The molecule has 1 fully saturated rings. The van der Waals surface area contributed by atoms with Gasteiger partial charge in [-0.3, -0.25) is 4.68 Å². The van der Waals surface area contributed by atoms with E-state index in [1.54, 1.807) is 0 Å². The summed E-state index contributed by atoms with van der Waals surface area (Å²) in [7, 11) is 2.03. The largest absolute Gasteiger partial charge is 0.305 e. The van der Waals surface area contributed by atoms with E-state index in [1.807, 2.05) is 11.7 Å². The molecule has 0 aliphatic heterocycles. The first-order chi connectivity index (χ1) is 10.2. The second-order valence-electron chi connectivity index (χ2n) is 6.12. The standard InChI is InChI=1S/C18H25N3/c1-4-19-18(17-11-13(2)20-21(17)3)16-10-6-9-15(12-16)14-7-5-8-14/h6,9-12,14,18-19H,4-5,7-8H2,1-3H3. The fourth-order valence-corrected chi connectivity index (χ4v) is 3.23. The molecule has 0 saturated heterocycles. The van der Waals surface area contributed by atoms with Crippen LogP contribution in [0.15, 0.2) is 30.3 Å². The van der Waals surface area contributed by atoms with Gasteiger partial charge in [-0.15, -0.1) is 0 Å². The number of benzene rings is 1. The van der Waals surface area contributed by atoms with Crippen LogP contribution in [0.2, 0.25) is 0 Å². The zero-order valence-corrected chi connectivity index (χ0v) is 13.3. The van der Waals surface area contributed by atoms with E-state index in [-0.39, 0.29) is 6.04 Å². The van der Waals surface area contributed by atoms with E-state index in [1.165, 1.54) is 36.1 Å². The Morgan fingerprint density at radius 3 is 2.71 bits per heavy atom. The first-order valence-corrected chi connectivity index (χ1v) is 8.03. The fraction of sp³-hybridized carbons (Fsp3) is 0.500. The van der Waals surface area contributed by atoms with E-state index in [0.717, 1.165) is 18.2 Å². The van der Waals surface area contributed by atoms with Crippen LogP contribution in [-0.4, -0.2) is 16.3 Å². The van der Waals surface area contributed by atoms with Gasteiger partial charge in [0.25, 0.3) is 0 Å². The summed E-state index contributed by atoms with van der Waals surface area (Å²) in [6.07, 6.45) is 4.08. The van der Waals surface area contributed by atoms with Crippen LogP contribution in [-0.2, 0) is 7.05 Å². The van der Waals surface area contributed by atoms with Gasteiger partial charge in [-0.05, 0) is 49.4 Å². The third-order valence-electron chi connectivity index (χ3n) is 4.56. The quantitative estimate of drug-likeness (QED) is 0.907. The maximum Gasteiger partial charge on any atom is 0.0748 e. The highest BCUT2D eigenvalue weighted by Crippen LogP contribution is 2.37. The summed E-state index contributed by atoms with van der Waals surface area (Å²) in [6, 6.07) is 11.5. The molecule has 1 N–H and O–H groups in total. The normalized spacial score (nSPS) is 16.7. The number of nitrogens with zero attached hydrogens (tertiary/aromatic N) is 2. The van der Waals surface area contributed by atoms with E-state index < -0.39 is 0 Å². The van der Waals surface area contributed by atoms with Crippen LogP contribution in [0, 0.1) is 6.92 Å². The Bertz CT molecular complexity index is 611. The van der Waals surface area contributed by atoms with Gasteiger partial charge in [-0.2, -0.15) is 5.10 Å². The SMILES string of the molecule is CCNC(c1cccc(C2CCC2)c1)c1cc(C)nn1C. The molecule has 1 aliphatic rings. The molecule has 2 aromatic rings. The molecule has 3 heteroatoms. The lowest BCUT2D eigenvalue weighted by atomic mass is 9.79. The summed E-state index contributed by atoms with van der Waals surface area (Å²) >= 11 is 0. The molecular weight excluding hydrogens is 258 g/mol. The lowest BCUT2D eigenvalue weighted by Crippen LogP contribution is -2.24. The van der Waals surface area contributed by atoms with Gasteiger partial charge in [0, 0.05) is 7.05 Å². The van der Waals surface area contributed by atoms with Crippen LogP contribution < -0.4 is 5.32 Å². The first-order valence-electron chi connectivity index (χ1n) is 8.03. The second kappa shape index (κ2) is 6.02. The molecule has 0 bridgehead atoms. The van der Waals surface area contributed by atoms with Gasteiger partial charge >= 0.3 is 0 Å². The lowest BCUT2D eigenvalue weighted by molar-refractivity contribution is 0.419. The summed E-state index contributed by atoms with van der Waals surface area (Å²) in [5, 5.41) is 8.11. The molecule has 1 atom stereocenters. The highest BCUT2D eigenvalue weighted by atomic mass is 15.3. The fourth-order valence-electron chi connectivity index (χ4n) is 3.23. The molecule has 0 amide bonds. The van der Waals surface area contributed by atoms with Gasteiger partial charge in [0.1, 0.15) is 0 Å². The van der Waals surface area contributed by atoms with Crippen LogP contribution >= 0.6 is 0 Å². The van der Waals surface area contributed by atoms with Crippen molar-refractivity contribution in [2.45, 2.75) is 45.1 Å². The Morgan fingerprint density at radius 2 is 2.14 bits per heavy atom. The van der Waals surface area contributed by atoms with E-state index in [0.29, 0.717) is 0 Å². The summed E-state index contributed by atoms with van der Waals surface area (Å²) in [5.41, 5.74) is 5.16. The Morgan fingerprint density at radius 1 is 1.33 bits per heavy atom. The smallest absolute Gasteiger partial charge is 0.0748 e. The summed E-state index contributed by atoms with van der Waals surface area (Å²) < 4.78 is 2.00. The molecule has 1 aromatic heterocycles. The molecule has 3 nitrogen and oxygen atoms in total. The van der Waals surface area contributed by atoms with Crippen LogP contribution in [0.1, 0.15) is 60.7 Å². The van der Waals surface area contributed by atoms with Crippen LogP contribution in [0.25, 0.3) is 0 Å². The number of aromatic nitrogens is 2. The molecule has 1 aromatic carbocycles. The van der Waals surface area contributed by atoms with Crippen molar-refractivity contribution in [3.63, 3.8) is 0 Å². The Labute approximate surface area is 127 Å². The highest BCUT2D eigenvalue weighted by Gasteiger charge is 2.22. The molecule has 1 saturated carbocycles. The lowest BCUT2D eigenvalue weighted by Gasteiger charge is -2.27. The number of hydrogen-bond donors (Lipinski definition) is 1. The molecule has 1 heterocycles. The van der Waals surface area contributed by atoms with Crippen molar-refractivity contribution in [2.75, 3.05) is 6.54 Å². The molecule has 3 rings (SSSR count). The third-order valence-corrected chi connectivity index (χ3v) is 4.56. The molecular formula is C18H25N3. The average Bonchev–Trinajstić information content (AvgIpc) is 2.73. The van der Waals surface area contributed by atoms with E-state index in [9.17, 15) is 0 Å². The van der Waals surface area contributed by atoms with Crippen molar-refractivity contribution in [1.82, 2.24) is 15.1 Å². The van der Waals surface area contributed by atoms with Crippen LogP contribution in [0.3, 0.4) is 0 Å². The number of nitrogens with one attached hydrogen (secondary N) is 1. The maximum atomic E-state index is 4.50. The van der Waals surface area contributed by atoms with Crippen molar-refractivity contribution in [3.8, 4) is 0 Å². The van der Waals surface area contributed by atoms with Crippen molar-refractivity contribution in [1.29, 1.82) is 0 Å². The molecule has 21 heavy (non-hydrogen) atoms. The average molecular weight is 283 g/mol. The van der Waals surface area contributed by atoms with Crippen molar-refractivity contribution < 1.29 is 0 Å². The van der Waals surface area contributed by atoms with E-state index >= 15 is 0 Å². The molecule has 1 aliphatic carbocycles. The second-order valence-corrected chi connectivity index (χ2v) is 6.12. The minimum absolute atomic E-state index is 0.223. The van der Waals surface area contributed by atoms with Crippen LogP contribution in [0.4, 0.5) is 0 Å². The topological polar surface area (TPSA) is 29.9 Å². The maximum absolute atomic E-state index is 4.50. The van der Waals surface area contributed by atoms with Crippen molar-refractivity contribution in [2.24, 2.45) is 7.05 Å². The Balaban J connectivity index is 1.95. The third kappa shape index (κ3) is 2.88. The predicted molar refractivity (Wildman–Crippen MR) is 86.5 cm³/mol. The summed E-state index contributed by atoms with van der Waals surface area (Å²) in [6.45, 7) is 5.16. The van der Waals surface area contributed by atoms with Crippen molar-refractivity contribution >= 4 is 0 Å². The van der Waals surface area contributed by atoms with Crippen molar-refractivity contribution in [3.05, 3.63) is 52.8 Å². The number of aryl methyl sites for hydroxylation is 2. The predicted octanol–water partition coefficient (Wildman–Crippen LogP) is 3.69. The van der Waals surface area contributed by atoms with Crippen LogP contribution in [0.5, 0.6) is 0 Å². The molecule has 0 spiro atoms. The Kier molecular flexibility index (Phi) is 4.11. The first kappa shape index (κ1) is 14.3. The number of rotatable bonds is 5. The van der Waals surface area contributed by atoms with Gasteiger partial charge in [-0.1, -0.05) is 37.6 Å². The number of hydrogen-bond acceptors (Lipinski definition) is 2. The minimum atomic E-state index is 0.223.